The Kier molecular flexibility index (Phi) is 6.14. The number of alkyl halides is 1. The summed E-state index contributed by atoms with van der Waals surface area (Å²) >= 11 is 6.04. The third-order valence-corrected chi connectivity index (χ3v) is 3.86. The lowest BCUT2D eigenvalue weighted by Gasteiger charge is -2.35. The van der Waals surface area contributed by atoms with E-state index in [1.54, 1.807) is 0 Å². The van der Waals surface area contributed by atoms with E-state index in [1.165, 1.54) is 19.3 Å². The van der Waals surface area contributed by atoms with Crippen LogP contribution in [0.15, 0.2) is 0 Å². The van der Waals surface area contributed by atoms with Gasteiger partial charge in [-0.25, -0.2) is 0 Å². The van der Waals surface area contributed by atoms with Crippen LogP contribution in [-0.2, 0) is 9.53 Å². The van der Waals surface area contributed by atoms with E-state index in [9.17, 15) is 4.79 Å². The lowest BCUT2D eigenvalue weighted by molar-refractivity contribution is -0.126. The van der Waals surface area contributed by atoms with E-state index in [2.05, 4.69) is 5.32 Å². The maximum atomic E-state index is 11.4. The maximum absolute atomic E-state index is 11.4. The highest BCUT2D eigenvalue weighted by atomic mass is 35.5. The first-order valence-electron chi connectivity index (χ1n) is 6.13. The van der Waals surface area contributed by atoms with Crippen LogP contribution in [0, 0.1) is 5.41 Å². The average molecular weight is 248 g/mol. The van der Waals surface area contributed by atoms with Crippen molar-refractivity contribution < 1.29 is 9.53 Å². The molecule has 0 radical (unpaired) electrons. The number of carbonyl (C=O) groups excluding carboxylic acids is 1. The Morgan fingerprint density at radius 2 is 2.06 bits per heavy atom. The lowest BCUT2D eigenvalue weighted by atomic mass is 9.75. The molecule has 0 spiro atoms. The molecule has 0 heterocycles. The van der Waals surface area contributed by atoms with Gasteiger partial charge in [0.15, 0.2) is 0 Å². The molecule has 1 N–H and O–H groups in total. The van der Waals surface area contributed by atoms with Crippen LogP contribution >= 0.6 is 11.6 Å². The molecule has 0 aromatic rings. The monoisotopic (exact) mass is 247 g/mol. The van der Waals surface area contributed by atoms with Crippen molar-refractivity contribution in [2.75, 3.05) is 25.6 Å². The Balaban J connectivity index is 2.30. The molecule has 0 aliphatic heterocycles. The van der Waals surface area contributed by atoms with Gasteiger partial charge in [-0.3, -0.25) is 4.79 Å². The van der Waals surface area contributed by atoms with E-state index >= 15 is 0 Å². The second-order valence-electron chi connectivity index (χ2n) is 4.61. The van der Waals surface area contributed by atoms with Gasteiger partial charge in [0, 0.05) is 24.4 Å². The average Bonchev–Trinajstić information content (AvgIpc) is 2.35. The second kappa shape index (κ2) is 7.13. The number of rotatable bonds is 6. The molecule has 0 unspecified atom stereocenters. The van der Waals surface area contributed by atoms with Crippen molar-refractivity contribution in [2.24, 2.45) is 5.41 Å². The van der Waals surface area contributed by atoms with Gasteiger partial charge in [0.1, 0.15) is 6.61 Å². The van der Waals surface area contributed by atoms with Gasteiger partial charge in [-0.05, 0) is 19.8 Å². The van der Waals surface area contributed by atoms with Crippen LogP contribution in [0.1, 0.15) is 39.0 Å². The fourth-order valence-electron chi connectivity index (χ4n) is 2.19. The summed E-state index contributed by atoms with van der Waals surface area (Å²) in [5.74, 6) is 0.610. The molecule has 1 fully saturated rings. The zero-order valence-electron chi connectivity index (χ0n) is 10.1. The van der Waals surface area contributed by atoms with Crippen molar-refractivity contribution in [1.29, 1.82) is 0 Å². The summed E-state index contributed by atoms with van der Waals surface area (Å²) in [6.45, 7) is 3.32. The highest BCUT2D eigenvalue weighted by Crippen LogP contribution is 2.36. The number of nitrogens with one attached hydrogen (secondary N) is 1. The predicted octanol–water partition coefficient (Wildman–Crippen LogP) is 2.33. The van der Waals surface area contributed by atoms with Crippen LogP contribution in [0.25, 0.3) is 0 Å². The summed E-state index contributed by atoms with van der Waals surface area (Å²) < 4.78 is 5.06. The molecule has 1 aliphatic rings. The summed E-state index contributed by atoms with van der Waals surface area (Å²) in [7, 11) is 0. The van der Waals surface area contributed by atoms with Crippen molar-refractivity contribution >= 4 is 17.5 Å². The summed E-state index contributed by atoms with van der Waals surface area (Å²) in [5, 5.41) is 2.93. The second-order valence-corrected chi connectivity index (χ2v) is 4.88. The highest BCUT2D eigenvalue weighted by Gasteiger charge is 2.31. The first-order chi connectivity index (χ1) is 7.72. The first kappa shape index (κ1) is 13.8. The summed E-state index contributed by atoms with van der Waals surface area (Å²) in [6, 6.07) is 0. The summed E-state index contributed by atoms with van der Waals surface area (Å²) in [4.78, 5) is 11.4. The molecular formula is C12H22ClNO2. The third kappa shape index (κ3) is 4.30. The Hall–Kier alpha value is -0.280. The highest BCUT2D eigenvalue weighted by molar-refractivity contribution is 6.18. The summed E-state index contributed by atoms with van der Waals surface area (Å²) in [6.07, 6.45) is 6.02. The van der Waals surface area contributed by atoms with Crippen LogP contribution in [-0.4, -0.2) is 31.5 Å². The minimum atomic E-state index is -0.0306. The number of halogens is 1. The van der Waals surface area contributed by atoms with Gasteiger partial charge < -0.3 is 10.1 Å². The molecule has 0 aromatic heterocycles. The van der Waals surface area contributed by atoms with Gasteiger partial charge in [-0.1, -0.05) is 19.3 Å². The smallest absolute Gasteiger partial charge is 0.246 e. The number of hydrogen-bond acceptors (Lipinski definition) is 2. The fraction of sp³-hybridized carbons (Fsp3) is 0.917. The molecule has 1 saturated carbocycles. The van der Waals surface area contributed by atoms with Crippen molar-refractivity contribution in [2.45, 2.75) is 39.0 Å². The molecule has 3 nitrogen and oxygen atoms in total. The Labute approximate surface area is 103 Å². The normalized spacial score (nSPS) is 19.4. The van der Waals surface area contributed by atoms with Crippen LogP contribution in [0.5, 0.6) is 0 Å². The summed E-state index contributed by atoms with van der Waals surface area (Å²) in [5.41, 5.74) is 0.127. The van der Waals surface area contributed by atoms with Crippen molar-refractivity contribution in [1.82, 2.24) is 5.32 Å². The molecule has 94 valence electrons. The minimum absolute atomic E-state index is 0.0306. The third-order valence-electron chi connectivity index (χ3n) is 3.30. The first-order valence-corrected chi connectivity index (χ1v) is 6.66. The maximum Gasteiger partial charge on any atom is 0.246 e. The minimum Gasteiger partial charge on any atom is -0.372 e. The molecule has 0 bridgehead atoms. The number of hydrogen-bond donors (Lipinski definition) is 1. The zero-order chi connectivity index (χ0) is 11.9. The zero-order valence-corrected chi connectivity index (χ0v) is 10.8. The molecule has 1 aliphatic carbocycles. The van der Waals surface area contributed by atoms with E-state index in [0.717, 1.165) is 12.8 Å². The van der Waals surface area contributed by atoms with Gasteiger partial charge in [0.05, 0.1) is 0 Å². The van der Waals surface area contributed by atoms with E-state index in [0.29, 0.717) is 19.0 Å². The van der Waals surface area contributed by atoms with Crippen LogP contribution < -0.4 is 5.32 Å². The SMILES string of the molecule is CCOCC(=O)NCC1(CCl)CCCCC1. The van der Waals surface area contributed by atoms with Crippen molar-refractivity contribution in [3.8, 4) is 0 Å². The molecule has 0 aromatic carbocycles. The van der Waals surface area contributed by atoms with Gasteiger partial charge in [-0.15, -0.1) is 11.6 Å². The Bertz CT molecular complexity index is 215. The quantitative estimate of drug-likeness (QED) is 0.732. The Morgan fingerprint density at radius 1 is 1.38 bits per heavy atom. The van der Waals surface area contributed by atoms with E-state index < -0.39 is 0 Å². The van der Waals surface area contributed by atoms with Gasteiger partial charge >= 0.3 is 0 Å². The lowest BCUT2D eigenvalue weighted by Crippen LogP contribution is -2.41. The molecule has 0 saturated heterocycles. The molecule has 16 heavy (non-hydrogen) atoms. The molecular weight excluding hydrogens is 226 g/mol. The standard InChI is InChI=1S/C12H22ClNO2/c1-2-16-8-11(15)14-10-12(9-13)6-4-3-5-7-12/h2-10H2,1H3,(H,14,15). The van der Waals surface area contributed by atoms with E-state index in [-0.39, 0.29) is 17.9 Å². The van der Waals surface area contributed by atoms with Crippen LogP contribution in [0.3, 0.4) is 0 Å². The van der Waals surface area contributed by atoms with Crippen molar-refractivity contribution in [3.63, 3.8) is 0 Å². The number of amides is 1. The van der Waals surface area contributed by atoms with E-state index in [1.807, 2.05) is 6.92 Å². The molecule has 1 rings (SSSR count). The topological polar surface area (TPSA) is 38.3 Å². The van der Waals surface area contributed by atoms with Crippen LogP contribution in [0.4, 0.5) is 0 Å². The largest absolute Gasteiger partial charge is 0.372 e. The predicted molar refractivity (Wildman–Crippen MR) is 65.7 cm³/mol. The molecule has 4 heteroatoms. The van der Waals surface area contributed by atoms with Crippen molar-refractivity contribution in [3.05, 3.63) is 0 Å². The number of carbonyl (C=O) groups is 1. The molecule has 0 atom stereocenters. The fourth-order valence-corrected chi connectivity index (χ4v) is 2.55. The van der Waals surface area contributed by atoms with Crippen LogP contribution in [0.2, 0.25) is 0 Å². The van der Waals surface area contributed by atoms with Gasteiger partial charge in [0.2, 0.25) is 5.91 Å². The van der Waals surface area contributed by atoms with Gasteiger partial charge in [0.25, 0.3) is 0 Å². The number of ether oxygens (including phenoxy) is 1. The molecule has 1 amide bonds. The van der Waals surface area contributed by atoms with Gasteiger partial charge in [-0.2, -0.15) is 0 Å². The Morgan fingerprint density at radius 3 is 2.62 bits per heavy atom. The van der Waals surface area contributed by atoms with E-state index in [4.69, 9.17) is 16.3 Å².